The van der Waals surface area contributed by atoms with Crippen LogP contribution in [-0.2, 0) is 9.53 Å². The van der Waals surface area contributed by atoms with Gasteiger partial charge in [0.25, 0.3) is 5.69 Å². The third-order valence-electron chi connectivity index (χ3n) is 2.20. The molecule has 0 unspecified atom stereocenters. The van der Waals surface area contributed by atoms with Crippen LogP contribution in [0, 0.1) is 10.1 Å². The van der Waals surface area contributed by atoms with Crippen LogP contribution in [0.15, 0.2) is 28.5 Å². The van der Waals surface area contributed by atoms with Crippen LogP contribution in [0.2, 0.25) is 0 Å². The van der Waals surface area contributed by atoms with Crippen LogP contribution < -0.4 is 11.5 Å². The Kier molecular flexibility index (Phi) is 4.87. The first-order valence-electron chi connectivity index (χ1n) is 5.25. The van der Waals surface area contributed by atoms with Gasteiger partial charge in [-0.3, -0.25) is 10.1 Å². The zero-order valence-electron chi connectivity index (χ0n) is 10.1. The summed E-state index contributed by atoms with van der Waals surface area (Å²) >= 11 is 3.15. The summed E-state index contributed by atoms with van der Waals surface area (Å²) in [6.07, 6.45) is 0. The van der Waals surface area contributed by atoms with E-state index in [4.69, 9.17) is 16.2 Å². The molecule has 0 aliphatic heterocycles. The molecule has 0 aliphatic carbocycles. The lowest BCUT2D eigenvalue weighted by Crippen LogP contribution is -2.18. The highest BCUT2D eigenvalue weighted by Gasteiger charge is 2.20. The van der Waals surface area contributed by atoms with Crippen molar-refractivity contribution in [2.75, 3.05) is 6.61 Å². The van der Waals surface area contributed by atoms with E-state index in [2.05, 4.69) is 15.9 Å². The minimum atomic E-state index is -0.683. The van der Waals surface area contributed by atoms with E-state index in [1.165, 1.54) is 18.2 Å². The summed E-state index contributed by atoms with van der Waals surface area (Å²) in [5.74, 6) is -0.898. The van der Waals surface area contributed by atoms with Gasteiger partial charge in [-0.05, 0) is 28.9 Å². The van der Waals surface area contributed by atoms with Gasteiger partial charge in [0, 0.05) is 22.2 Å². The second kappa shape index (κ2) is 6.19. The minimum Gasteiger partial charge on any atom is -0.462 e. The number of hydrogen-bond donors (Lipinski definition) is 2. The van der Waals surface area contributed by atoms with Gasteiger partial charge >= 0.3 is 5.97 Å². The van der Waals surface area contributed by atoms with Gasteiger partial charge in [0.15, 0.2) is 0 Å². The van der Waals surface area contributed by atoms with E-state index < -0.39 is 10.9 Å². The van der Waals surface area contributed by atoms with Crippen molar-refractivity contribution in [2.24, 2.45) is 11.5 Å². The number of rotatable bonds is 4. The van der Waals surface area contributed by atoms with Gasteiger partial charge in [0.2, 0.25) is 0 Å². The second-order valence-electron chi connectivity index (χ2n) is 3.47. The molecule has 0 heterocycles. The molecule has 0 bridgehead atoms. The molecule has 7 nitrogen and oxygen atoms in total. The molecule has 0 saturated carbocycles. The Labute approximate surface area is 117 Å². The number of nitro groups is 1. The maximum atomic E-state index is 11.8. The number of hydrogen-bond acceptors (Lipinski definition) is 6. The van der Waals surface area contributed by atoms with E-state index in [9.17, 15) is 14.9 Å². The molecule has 19 heavy (non-hydrogen) atoms. The van der Waals surface area contributed by atoms with E-state index in [0.717, 1.165) is 0 Å². The number of ether oxygens (including phenoxy) is 1. The molecule has 0 spiro atoms. The number of esters is 1. The van der Waals surface area contributed by atoms with Gasteiger partial charge in [-0.2, -0.15) is 0 Å². The maximum Gasteiger partial charge on any atom is 0.342 e. The Morgan fingerprint density at radius 3 is 2.53 bits per heavy atom. The average molecular weight is 330 g/mol. The minimum absolute atomic E-state index is 0.0244. The van der Waals surface area contributed by atoms with E-state index in [0.29, 0.717) is 10.0 Å². The van der Waals surface area contributed by atoms with Gasteiger partial charge in [-0.25, -0.2) is 4.79 Å². The lowest BCUT2D eigenvalue weighted by atomic mass is 10.1. The van der Waals surface area contributed by atoms with Gasteiger partial charge in [0.1, 0.15) is 11.4 Å². The first-order valence-corrected chi connectivity index (χ1v) is 6.04. The monoisotopic (exact) mass is 329 g/mol. The Bertz CT molecular complexity index is 553. The smallest absolute Gasteiger partial charge is 0.342 e. The number of nitro benzene ring substituents is 1. The van der Waals surface area contributed by atoms with E-state index in [1.807, 2.05) is 0 Å². The van der Waals surface area contributed by atoms with Crippen molar-refractivity contribution in [2.45, 2.75) is 6.92 Å². The third-order valence-corrected chi connectivity index (χ3v) is 2.86. The fourth-order valence-electron chi connectivity index (χ4n) is 1.41. The standard InChI is InChI=1S/C11H12BrN3O4/c1-2-19-11(16)9(10(13)14)7-4-3-6(15(17)18)5-8(7)12/h3-5H,2,13-14H2,1H3. The molecular formula is C11H12BrN3O4. The number of non-ortho nitro benzene ring substituents is 1. The Balaban J connectivity index is 3.30. The fourth-order valence-corrected chi connectivity index (χ4v) is 1.97. The lowest BCUT2D eigenvalue weighted by Gasteiger charge is -2.10. The topological polar surface area (TPSA) is 121 Å². The summed E-state index contributed by atoms with van der Waals surface area (Å²) in [7, 11) is 0. The van der Waals surface area contributed by atoms with Crippen molar-refractivity contribution in [3.05, 3.63) is 44.2 Å². The van der Waals surface area contributed by atoms with Crippen LogP contribution in [-0.4, -0.2) is 17.5 Å². The fraction of sp³-hybridized carbons (Fsp3) is 0.182. The Morgan fingerprint density at radius 2 is 2.11 bits per heavy atom. The van der Waals surface area contributed by atoms with Crippen molar-refractivity contribution >= 4 is 33.2 Å². The molecule has 1 aromatic carbocycles. The summed E-state index contributed by atoms with van der Waals surface area (Å²) in [5, 5.41) is 10.6. The molecule has 8 heteroatoms. The Morgan fingerprint density at radius 1 is 1.47 bits per heavy atom. The third kappa shape index (κ3) is 3.44. The van der Waals surface area contributed by atoms with Gasteiger partial charge in [-0.15, -0.1) is 0 Å². The molecule has 0 atom stereocenters. The van der Waals surface area contributed by atoms with E-state index in [-0.39, 0.29) is 23.7 Å². The molecule has 0 aromatic heterocycles. The summed E-state index contributed by atoms with van der Waals surface area (Å²) in [4.78, 5) is 21.9. The highest BCUT2D eigenvalue weighted by atomic mass is 79.9. The molecule has 102 valence electrons. The highest BCUT2D eigenvalue weighted by molar-refractivity contribution is 9.10. The predicted molar refractivity (Wildman–Crippen MR) is 72.7 cm³/mol. The molecule has 0 aliphatic rings. The number of carbonyl (C=O) groups excluding carboxylic acids is 1. The molecule has 0 radical (unpaired) electrons. The largest absolute Gasteiger partial charge is 0.462 e. The SMILES string of the molecule is CCOC(=O)C(=C(N)N)c1ccc([N+](=O)[O-])cc1Br. The zero-order valence-corrected chi connectivity index (χ0v) is 11.6. The van der Waals surface area contributed by atoms with Crippen LogP contribution in [0.4, 0.5) is 5.69 Å². The van der Waals surface area contributed by atoms with Crippen molar-refractivity contribution in [1.29, 1.82) is 0 Å². The number of benzene rings is 1. The molecule has 0 amide bonds. The molecule has 1 aromatic rings. The van der Waals surface area contributed by atoms with Gasteiger partial charge in [0.05, 0.1) is 11.5 Å². The lowest BCUT2D eigenvalue weighted by molar-refractivity contribution is -0.384. The summed E-state index contributed by atoms with van der Waals surface area (Å²) in [6.45, 7) is 1.81. The number of nitrogens with zero attached hydrogens (tertiary/aromatic N) is 1. The normalized spacial score (nSPS) is 9.79. The van der Waals surface area contributed by atoms with Gasteiger partial charge in [-0.1, -0.05) is 0 Å². The van der Waals surface area contributed by atoms with E-state index >= 15 is 0 Å². The molecule has 0 fully saturated rings. The summed E-state index contributed by atoms with van der Waals surface area (Å²) in [6, 6.07) is 3.90. The molecular weight excluding hydrogens is 318 g/mol. The van der Waals surface area contributed by atoms with Gasteiger partial charge < -0.3 is 16.2 Å². The van der Waals surface area contributed by atoms with E-state index in [1.54, 1.807) is 6.92 Å². The summed E-state index contributed by atoms with van der Waals surface area (Å²) in [5.41, 5.74) is 11.1. The van der Waals surface area contributed by atoms with Crippen LogP contribution in [0.5, 0.6) is 0 Å². The number of halogens is 1. The maximum absolute atomic E-state index is 11.8. The van der Waals surface area contributed by atoms with Crippen LogP contribution in [0.3, 0.4) is 0 Å². The van der Waals surface area contributed by atoms with Crippen molar-refractivity contribution in [1.82, 2.24) is 0 Å². The number of nitrogens with two attached hydrogens (primary N) is 2. The van der Waals surface area contributed by atoms with Crippen LogP contribution >= 0.6 is 15.9 Å². The Hall–Kier alpha value is -2.09. The van der Waals surface area contributed by atoms with Crippen LogP contribution in [0.25, 0.3) is 5.57 Å². The molecule has 4 N–H and O–H groups in total. The highest BCUT2D eigenvalue weighted by Crippen LogP contribution is 2.29. The predicted octanol–water partition coefficient (Wildman–Crippen LogP) is 1.51. The summed E-state index contributed by atoms with van der Waals surface area (Å²) < 4.78 is 5.17. The van der Waals surface area contributed by atoms with Crippen LogP contribution in [0.1, 0.15) is 12.5 Å². The van der Waals surface area contributed by atoms with Crippen molar-refractivity contribution in [3.8, 4) is 0 Å². The average Bonchev–Trinajstić information content (AvgIpc) is 2.31. The first kappa shape index (κ1) is 15.0. The zero-order chi connectivity index (χ0) is 14.6. The molecule has 1 rings (SSSR count). The van der Waals surface area contributed by atoms with Crippen molar-refractivity contribution < 1.29 is 14.5 Å². The molecule has 0 saturated heterocycles. The quantitative estimate of drug-likeness (QED) is 0.373. The van der Waals surface area contributed by atoms with Crippen molar-refractivity contribution in [3.63, 3.8) is 0 Å². The second-order valence-corrected chi connectivity index (χ2v) is 4.33. The number of carbonyl (C=O) groups is 1. The first-order chi connectivity index (χ1) is 8.88.